The van der Waals surface area contributed by atoms with Crippen molar-refractivity contribution >= 4 is 11.8 Å². The Morgan fingerprint density at radius 3 is 2.32 bits per heavy atom. The molecule has 5 rings (SSSR count). The number of rotatable bonds is 6. The summed E-state index contributed by atoms with van der Waals surface area (Å²) < 4.78 is 5.75. The summed E-state index contributed by atoms with van der Waals surface area (Å²) in [7, 11) is 0. The van der Waals surface area contributed by atoms with Crippen LogP contribution in [0.2, 0.25) is 0 Å². The van der Waals surface area contributed by atoms with Crippen LogP contribution in [0.15, 0.2) is 60.7 Å². The Bertz CT molecular complexity index is 835. The van der Waals surface area contributed by atoms with Crippen LogP contribution < -0.4 is 5.32 Å². The van der Waals surface area contributed by atoms with E-state index in [2.05, 4.69) is 17.4 Å². The Balaban J connectivity index is 1.52. The summed E-state index contributed by atoms with van der Waals surface area (Å²) in [4.78, 5) is 25.8. The van der Waals surface area contributed by atoms with E-state index in [1.165, 1.54) is 0 Å². The van der Waals surface area contributed by atoms with Gasteiger partial charge in [-0.1, -0.05) is 60.7 Å². The SMILES string of the molecule is C[C@]1(C(=O)OCc2ccccc2)[C@H]2CC[C@H](C(=O)C2)[C@@H]1NCc1ccccc1. The molecule has 3 fully saturated rings. The van der Waals surface area contributed by atoms with Gasteiger partial charge in [-0.05, 0) is 36.8 Å². The summed E-state index contributed by atoms with van der Waals surface area (Å²) in [6.07, 6.45) is 2.26. The third-order valence-electron chi connectivity index (χ3n) is 6.61. The first-order valence-corrected chi connectivity index (χ1v) is 10.1. The van der Waals surface area contributed by atoms with Crippen molar-refractivity contribution in [3.05, 3.63) is 71.8 Å². The highest BCUT2D eigenvalue weighted by Crippen LogP contribution is 2.51. The van der Waals surface area contributed by atoms with E-state index in [0.717, 1.165) is 24.0 Å². The van der Waals surface area contributed by atoms with E-state index in [1.807, 2.05) is 55.5 Å². The number of ketones is 1. The van der Waals surface area contributed by atoms with E-state index in [9.17, 15) is 9.59 Å². The van der Waals surface area contributed by atoms with Gasteiger partial charge >= 0.3 is 5.97 Å². The van der Waals surface area contributed by atoms with E-state index < -0.39 is 5.41 Å². The maximum absolute atomic E-state index is 13.2. The fraction of sp³-hybridized carbons (Fsp3) is 0.417. The quantitative estimate of drug-likeness (QED) is 0.776. The highest BCUT2D eigenvalue weighted by atomic mass is 16.5. The fourth-order valence-corrected chi connectivity index (χ4v) is 4.92. The Morgan fingerprint density at radius 2 is 1.68 bits per heavy atom. The summed E-state index contributed by atoms with van der Waals surface area (Å²) >= 11 is 0. The first-order valence-electron chi connectivity index (χ1n) is 10.1. The normalized spacial score (nSPS) is 28.9. The van der Waals surface area contributed by atoms with E-state index in [0.29, 0.717) is 13.0 Å². The predicted octanol–water partition coefficient (Wildman–Crippen LogP) is 3.89. The van der Waals surface area contributed by atoms with Crippen molar-refractivity contribution < 1.29 is 14.3 Å². The second-order valence-corrected chi connectivity index (χ2v) is 8.24. The Hall–Kier alpha value is -2.46. The van der Waals surface area contributed by atoms with Crippen molar-refractivity contribution in [1.29, 1.82) is 0 Å². The first-order chi connectivity index (χ1) is 13.6. The molecule has 0 heterocycles. The molecule has 4 heteroatoms. The number of carbonyl (C=O) groups is 2. The molecule has 0 saturated heterocycles. The van der Waals surface area contributed by atoms with Gasteiger partial charge < -0.3 is 10.1 Å². The Labute approximate surface area is 166 Å². The van der Waals surface area contributed by atoms with Gasteiger partial charge in [0.05, 0.1) is 5.41 Å². The molecule has 3 saturated carbocycles. The first kappa shape index (κ1) is 18.9. The molecular weight excluding hydrogens is 350 g/mol. The molecule has 0 radical (unpaired) electrons. The van der Waals surface area contributed by atoms with Crippen LogP contribution in [0.4, 0.5) is 0 Å². The van der Waals surface area contributed by atoms with Gasteiger partial charge in [0.2, 0.25) is 0 Å². The molecule has 0 aromatic heterocycles. The van der Waals surface area contributed by atoms with Crippen LogP contribution in [0.1, 0.15) is 37.3 Å². The molecule has 28 heavy (non-hydrogen) atoms. The Kier molecular flexibility index (Phi) is 5.31. The number of carbonyl (C=O) groups excluding carboxylic acids is 2. The van der Waals surface area contributed by atoms with Crippen LogP contribution in [-0.4, -0.2) is 17.8 Å². The van der Waals surface area contributed by atoms with Gasteiger partial charge in [0.25, 0.3) is 0 Å². The number of nitrogens with one attached hydrogen (secondary N) is 1. The van der Waals surface area contributed by atoms with Gasteiger partial charge in [-0.2, -0.15) is 0 Å². The van der Waals surface area contributed by atoms with Crippen LogP contribution in [0.5, 0.6) is 0 Å². The molecule has 0 spiro atoms. The van der Waals surface area contributed by atoms with Crippen LogP contribution in [-0.2, 0) is 27.5 Å². The van der Waals surface area contributed by atoms with Gasteiger partial charge in [0, 0.05) is 24.9 Å². The monoisotopic (exact) mass is 377 g/mol. The van der Waals surface area contributed by atoms with Gasteiger partial charge in [0.15, 0.2) is 0 Å². The minimum Gasteiger partial charge on any atom is -0.460 e. The lowest BCUT2D eigenvalue weighted by molar-refractivity contribution is -0.173. The molecule has 4 nitrogen and oxygen atoms in total. The number of fused-ring (bicyclic) bond motifs is 3. The van der Waals surface area contributed by atoms with Crippen molar-refractivity contribution in [2.45, 2.75) is 45.4 Å². The summed E-state index contributed by atoms with van der Waals surface area (Å²) in [6, 6.07) is 19.7. The molecule has 2 aromatic rings. The molecule has 146 valence electrons. The molecule has 3 aliphatic carbocycles. The molecule has 4 atom stereocenters. The zero-order chi connectivity index (χ0) is 19.6. The predicted molar refractivity (Wildman–Crippen MR) is 107 cm³/mol. The molecular formula is C24H27NO3. The molecule has 2 bridgehead atoms. The van der Waals surface area contributed by atoms with Gasteiger partial charge in [0.1, 0.15) is 12.4 Å². The lowest BCUT2D eigenvalue weighted by atomic mass is 9.53. The fourth-order valence-electron chi connectivity index (χ4n) is 4.92. The highest BCUT2D eigenvalue weighted by Gasteiger charge is 2.59. The third kappa shape index (κ3) is 3.49. The van der Waals surface area contributed by atoms with Gasteiger partial charge in [-0.3, -0.25) is 9.59 Å². The van der Waals surface area contributed by atoms with Crippen LogP contribution in [0, 0.1) is 17.3 Å². The maximum atomic E-state index is 13.2. The van der Waals surface area contributed by atoms with E-state index in [4.69, 9.17) is 4.74 Å². The van der Waals surface area contributed by atoms with Gasteiger partial charge in [-0.25, -0.2) is 0 Å². The second-order valence-electron chi connectivity index (χ2n) is 8.24. The van der Waals surface area contributed by atoms with Crippen LogP contribution in [0.25, 0.3) is 0 Å². The minimum atomic E-state index is -0.680. The van der Waals surface area contributed by atoms with Crippen LogP contribution in [0.3, 0.4) is 0 Å². The lowest BCUT2D eigenvalue weighted by Crippen LogP contribution is -2.64. The number of hydrogen-bond acceptors (Lipinski definition) is 4. The molecule has 0 unspecified atom stereocenters. The smallest absolute Gasteiger partial charge is 0.314 e. The van der Waals surface area contributed by atoms with Crippen molar-refractivity contribution in [1.82, 2.24) is 5.32 Å². The summed E-state index contributed by atoms with van der Waals surface area (Å²) in [5.74, 6) is 0.0313. The van der Waals surface area contributed by atoms with E-state index in [1.54, 1.807) is 0 Å². The van der Waals surface area contributed by atoms with Crippen molar-refractivity contribution in [2.24, 2.45) is 17.3 Å². The largest absolute Gasteiger partial charge is 0.460 e. The van der Waals surface area contributed by atoms with Gasteiger partial charge in [-0.15, -0.1) is 0 Å². The molecule has 3 aliphatic rings. The Morgan fingerprint density at radius 1 is 1.04 bits per heavy atom. The van der Waals surface area contributed by atoms with Crippen molar-refractivity contribution in [3.8, 4) is 0 Å². The zero-order valence-corrected chi connectivity index (χ0v) is 16.3. The minimum absolute atomic E-state index is 0.0431. The van der Waals surface area contributed by atoms with E-state index in [-0.39, 0.29) is 36.2 Å². The van der Waals surface area contributed by atoms with Crippen molar-refractivity contribution in [3.63, 3.8) is 0 Å². The highest BCUT2D eigenvalue weighted by molar-refractivity contribution is 5.89. The standard InChI is InChI=1S/C24H27NO3/c1-24(23(27)28-16-18-10-6-3-7-11-18)19-12-13-20(21(26)14-19)22(24)25-15-17-8-4-2-5-9-17/h2-11,19-20,22,25H,12-16H2,1H3/t19-,20+,22-,24-/m0/s1. The number of hydrogen-bond donors (Lipinski definition) is 1. The molecule has 2 aromatic carbocycles. The second kappa shape index (κ2) is 7.88. The number of esters is 1. The molecule has 1 N–H and O–H groups in total. The summed E-state index contributed by atoms with van der Waals surface area (Å²) in [5.41, 5.74) is 1.45. The molecule has 0 amide bonds. The summed E-state index contributed by atoms with van der Waals surface area (Å²) in [6.45, 7) is 2.90. The average Bonchev–Trinajstić information content (AvgIpc) is 2.73. The third-order valence-corrected chi connectivity index (χ3v) is 6.61. The topological polar surface area (TPSA) is 55.4 Å². The van der Waals surface area contributed by atoms with Crippen molar-refractivity contribution in [2.75, 3.05) is 0 Å². The lowest BCUT2D eigenvalue weighted by Gasteiger charge is -2.53. The average molecular weight is 377 g/mol. The number of ether oxygens (including phenoxy) is 1. The van der Waals surface area contributed by atoms with Crippen LogP contribution >= 0.6 is 0 Å². The zero-order valence-electron chi connectivity index (χ0n) is 16.3. The summed E-state index contributed by atoms with van der Waals surface area (Å²) in [5, 5.41) is 3.55. The van der Waals surface area contributed by atoms with E-state index >= 15 is 0 Å². The number of benzene rings is 2. The maximum Gasteiger partial charge on any atom is 0.314 e. The number of Topliss-reactive ketones (excluding diaryl/α,β-unsaturated/α-hetero) is 1. The molecule has 0 aliphatic heterocycles.